The van der Waals surface area contributed by atoms with Crippen molar-refractivity contribution in [3.05, 3.63) is 56.5 Å². The first-order valence-corrected chi connectivity index (χ1v) is 8.14. The summed E-state index contributed by atoms with van der Waals surface area (Å²) in [5.74, 6) is 1.80. The minimum absolute atomic E-state index is 0.0843. The second kappa shape index (κ2) is 11.1. The molecule has 0 atom stereocenters. The molecule has 2 aromatic carbocycles. The molecule has 0 fully saturated rings. The van der Waals surface area contributed by atoms with E-state index < -0.39 is 4.92 Å². The van der Waals surface area contributed by atoms with Crippen LogP contribution in [0.3, 0.4) is 0 Å². The van der Waals surface area contributed by atoms with Crippen LogP contribution in [-0.4, -0.2) is 38.6 Å². The van der Waals surface area contributed by atoms with Gasteiger partial charge in [0, 0.05) is 6.07 Å². The maximum atomic E-state index is 11.2. The first-order valence-electron chi connectivity index (χ1n) is 8.14. The molecule has 0 radical (unpaired) electrons. The number of nitro groups is 1. The number of allylic oxidation sites excluding steroid dienone is 1. The van der Waals surface area contributed by atoms with E-state index in [0.29, 0.717) is 22.8 Å². The average Bonchev–Trinajstić information content (AvgIpc) is 2.72. The molecule has 1 N–H and O–H groups in total. The van der Waals surface area contributed by atoms with Crippen molar-refractivity contribution in [3.63, 3.8) is 0 Å². The zero-order valence-corrected chi connectivity index (χ0v) is 16.7. The minimum atomic E-state index is -0.467. The summed E-state index contributed by atoms with van der Waals surface area (Å²) in [6, 6.07) is 8.45. The summed E-state index contributed by atoms with van der Waals surface area (Å²) in [6.45, 7) is 1.90. The highest BCUT2D eigenvalue weighted by molar-refractivity contribution is 5.82. The maximum Gasteiger partial charge on any atom is 0.311 e. The van der Waals surface area contributed by atoms with Gasteiger partial charge in [0.1, 0.15) is 0 Å². The lowest BCUT2D eigenvalue weighted by Crippen LogP contribution is -1.96. The maximum absolute atomic E-state index is 11.2. The number of hydrogen-bond acceptors (Lipinski definition) is 8. The number of benzene rings is 2. The molecule has 2 rings (SSSR count). The van der Waals surface area contributed by atoms with Crippen molar-refractivity contribution in [3.8, 4) is 23.0 Å². The van der Waals surface area contributed by atoms with E-state index in [4.69, 9.17) is 29.1 Å². The summed E-state index contributed by atoms with van der Waals surface area (Å²) in [6.07, 6.45) is 1.84. The zero-order chi connectivity index (χ0) is 22.0. The standard InChI is InChI=1S/C19H21NO6.HNO2/c1-12(8-13-6-7-16(23-2)15(9-13)20(21)22)14-10-17(24-3)19(26-5)18(11-14)25-4;2-1-3/h6-11H,1-5H3;(H,2,3). The van der Waals surface area contributed by atoms with Crippen molar-refractivity contribution in [2.45, 2.75) is 6.92 Å². The van der Waals surface area contributed by atoms with Gasteiger partial charge in [-0.2, -0.15) is 0 Å². The highest BCUT2D eigenvalue weighted by Crippen LogP contribution is 2.40. The lowest BCUT2D eigenvalue weighted by atomic mass is 10.0. The van der Waals surface area contributed by atoms with E-state index in [1.165, 1.54) is 18.5 Å². The van der Waals surface area contributed by atoms with Gasteiger partial charge in [0.05, 0.1) is 33.4 Å². The predicted octanol–water partition coefficient (Wildman–Crippen LogP) is 4.33. The van der Waals surface area contributed by atoms with Crippen LogP contribution in [0.15, 0.2) is 35.7 Å². The Balaban J connectivity index is 0.00000132. The van der Waals surface area contributed by atoms with Crippen molar-refractivity contribution in [1.29, 1.82) is 0 Å². The fraction of sp³-hybridized carbons (Fsp3) is 0.263. The first kappa shape index (κ1) is 23.2. The Kier molecular flexibility index (Phi) is 8.90. The molecule has 0 unspecified atom stereocenters. The number of ether oxygens (including phenoxy) is 4. The molecule has 10 heteroatoms. The van der Waals surface area contributed by atoms with Gasteiger partial charge in [-0.15, -0.1) is 4.91 Å². The third-order valence-corrected chi connectivity index (χ3v) is 3.90. The monoisotopic (exact) mass is 406 g/mol. The Morgan fingerprint density at radius 3 is 1.93 bits per heavy atom. The van der Waals surface area contributed by atoms with Gasteiger partial charge in [-0.3, -0.25) is 10.1 Å². The quantitative estimate of drug-likeness (QED) is 0.311. The van der Waals surface area contributed by atoms with E-state index in [2.05, 4.69) is 0 Å². The molecule has 0 aliphatic carbocycles. The van der Waals surface area contributed by atoms with Gasteiger partial charge in [0.15, 0.2) is 22.6 Å². The Morgan fingerprint density at radius 2 is 1.52 bits per heavy atom. The zero-order valence-electron chi connectivity index (χ0n) is 16.7. The van der Waals surface area contributed by atoms with Gasteiger partial charge in [0.25, 0.3) is 0 Å². The second-order valence-corrected chi connectivity index (χ2v) is 5.51. The predicted molar refractivity (Wildman–Crippen MR) is 107 cm³/mol. The van der Waals surface area contributed by atoms with Gasteiger partial charge in [0.2, 0.25) is 5.75 Å². The molecule has 0 spiro atoms. The Bertz CT molecular complexity index is 871. The molecule has 0 aromatic heterocycles. The van der Waals surface area contributed by atoms with E-state index >= 15 is 0 Å². The van der Waals surface area contributed by atoms with Crippen LogP contribution in [0.4, 0.5) is 5.69 Å². The summed E-state index contributed by atoms with van der Waals surface area (Å²) in [4.78, 5) is 18.8. The molecule has 10 nitrogen and oxygen atoms in total. The van der Waals surface area contributed by atoms with E-state index in [0.717, 1.165) is 11.1 Å². The van der Waals surface area contributed by atoms with E-state index in [1.54, 1.807) is 33.5 Å². The number of nitro benzene ring substituents is 1. The lowest BCUT2D eigenvalue weighted by molar-refractivity contribution is -0.385. The molecule has 0 saturated heterocycles. The van der Waals surface area contributed by atoms with Crippen LogP contribution in [0, 0.1) is 15.0 Å². The number of nitrogens with zero attached hydrogens (tertiary/aromatic N) is 2. The van der Waals surface area contributed by atoms with Crippen LogP contribution < -0.4 is 18.9 Å². The largest absolute Gasteiger partial charge is 0.493 e. The normalized spacial score (nSPS) is 10.3. The summed E-state index contributed by atoms with van der Waals surface area (Å²) < 4.78 is 21.1. The van der Waals surface area contributed by atoms with Crippen molar-refractivity contribution < 1.29 is 29.1 Å². The number of methoxy groups -OCH3 is 4. The Morgan fingerprint density at radius 1 is 1.00 bits per heavy atom. The first-order chi connectivity index (χ1) is 13.9. The van der Waals surface area contributed by atoms with E-state index in [-0.39, 0.29) is 11.4 Å². The molecule has 156 valence electrons. The van der Waals surface area contributed by atoms with E-state index in [1.807, 2.05) is 25.1 Å². The molecule has 0 aliphatic heterocycles. The van der Waals surface area contributed by atoms with Crippen LogP contribution >= 0.6 is 0 Å². The summed E-state index contributed by atoms with van der Waals surface area (Å²) in [5, 5.41) is 19.1. The number of rotatable bonds is 7. The third kappa shape index (κ3) is 5.83. The topological polar surface area (TPSA) is 130 Å². The second-order valence-electron chi connectivity index (χ2n) is 5.51. The molecule has 29 heavy (non-hydrogen) atoms. The molecule has 0 saturated carbocycles. The van der Waals surface area contributed by atoms with Gasteiger partial charge in [-0.05, 0) is 41.8 Å². The van der Waals surface area contributed by atoms with Crippen molar-refractivity contribution in [2.24, 2.45) is 5.34 Å². The summed E-state index contributed by atoms with van der Waals surface area (Å²) in [5.41, 5.74) is 2.32. The minimum Gasteiger partial charge on any atom is -0.493 e. The third-order valence-electron chi connectivity index (χ3n) is 3.90. The molecular weight excluding hydrogens is 384 g/mol. The molecule has 0 bridgehead atoms. The fourth-order valence-corrected chi connectivity index (χ4v) is 2.58. The van der Waals surface area contributed by atoms with Crippen LogP contribution in [0.25, 0.3) is 11.6 Å². The van der Waals surface area contributed by atoms with Gasteiger partial charge < -0.3 is 24.2 Å². The van der Waals surface area contributed by atoms with Gasteiger partial charge in [-0.1, -0.05) is 12.1 Å². The van der Waals surface area contributed by atoms with Gasteiger partial charge >= 0.3 is 5.69 Å². The smallest absolute Gasteiger partial charge is 0.311 e. The van der Waals surface area contributed by atoms with Crippen LogP contribution in [0.5, 0.6) is 23.0 Å². The van der Waals surface area contributed by atoms with Crippen LogP contribution in [0.1, 0.15) is 18.1 Å². The van der Waals surface area contributed by atoms with Crippen LogP contribution in [-0.2, 0) is 0 Å². The highest BCUT2D eigenvalue weighted by atomic mass is 16.6. The lowest BCUT2D eigenvalue weighted by Gasteiger charge is -2.14. The molecular formula is C19H22N2O8. The summed E-state index contributed by atoms with van der Waals surface area (Å²) in [7, 11) is 6.04. The average molecular weight is 406 g/mol. The summed E-state index contributed by atoms with van der Waals surface area (Å²) >= 11 is 0. The Hall–Kier alpha value is -3.82. The molecule has 0 amide bonds. The van der Waals surface area contributed by atoms with Crippen LogP contribution in [0.2, 0.25) is 0 Å². The van der Waals surface area contributed by atoms with Crippen molar-refractivity contribution >= 4 is 17.3 Å². The highest BCUT2D eigenvalue weighted by Gasteiger charge is 2.16. The fourth-order valence-electron chi connectivity index (χ4n) is 2.58. The molecule has 0 heterocycles. The Labute approximate surface area is 167 Å². The molecule has 2 aromatic rings. The SMILES string of the molecule is COc1ccc(C=C(C)c2cc(OC)c(OC)c(OC)c2)cc1[N+](=O)[O-].O=NO. The van der Waals surface area contributed by atoms with Crippen molar-refractivity contribution in [2.75, 3.05) is 28.4 Å². The number of hydrogen-bond donors (Lipinski definition) is 1. The van der Waals surface area contributed by atoms with E-state index in [9.17, 15) is 10.1 Å². The molecule has 0 aliphatic rings. The van der Waals surface area contributed by atoms with Crippen molar-refractivity contribution in [1.82, 2.24) is 0 Å². The van der Waals surface area contributed by atoms with Gasteiger partial charge in [-0.25, -0.2) is 0 Å².